The van der Waals surface area contributed by atoms with E-state index in [1.54, 1.807) is 12.1 Å². The largest absolute Gasteiger partial charge is 0.376 e. The molecule has 0 bridgehead atoms. The Morgan fingerprint density at radius 3 is 2.26 bits per heavy atom. The van der Waals surface area contributed by atoms with Crippen molar-refractivity contribution < 1.29 is 18.1 Å². The van der Waals surface area contributed by atoms with Gasteiger partial charge in [0, 0.05) is 39.7 Å². The Hall–Kier alpha value is -1.82. The normalized spacial score (nSPS) is 15.3. The van der Waals surface area contributed by atoms with Crippen LogP contribution in [0.25, 0.3) is 0 Å². The van der Waals surface area contributed by atoms with Crippen molar-refractivity contribution in [2.45, 2.75) is 30.6 Å². The molecule has 1 aliphatic rings. The average molecular weight is 575 g/mol. The van der Waals surface area contributed by atoms with Gasteiger partial charge in [-0.15, -0.1) is 0 Å². The van der Waals surface area contributed by atoms with Crippen LogP contribution in [0.1, 0.15) is 36.0 Å². The van der Waals surface area contributed by atoms with E-state index in [2.05, 4.69) is 37.2 Å². The van der Waals surface area contributed by atoms with Gasteiger partial charge in [-0.2, -0.15) is 4.31 Å². The summed E-state index contributed by atoms with van der Waals surface area (Å²) in [6, 6.07) is 8.73. The van der Waals surface area contributed by atoms with Crippen LogP contribution in [0.3, 0.4) is 0 Å². The fourth-order valence-corrected chi connectivity index (χ4v) is 6.37. The van der Waals surface area contributed by atoms with Crippen LogP contribution >= 0.6 is 31.9 Å². The number of ketones is 1. The maximum Gasteiger partial charge on any atom is 0.271 e. The predicted octanol–water partition coefficient (Wildman–Crippen LogP) is 4.98. The summed E-state index contributed by atoms with van der Waals surface area (Å²) < 4.78 is 28.4. The molecule has 0 saturated carbocycles. The minimum Gasteiger partial charge on any atom is -0.376 e. The number of carbonyl (C=O) groups is 1. The number of hydrogen-bond donors (Lipinski definition) is 1. The Morgan fingerprint density at radius 1 is 1.06 bits per heavy atom. The van der Waals surface area contributed by atoms with Gasteiger partial charge in [-0.3, -0.25) is 14.9 Å². The number of sulfonamides is 1. The van der Waals surface area contributed by atoms with Gasteiger partial charge in [-0.1, -0.05) is 25.0 Å². The number of non-ortho nitro benzene ring substituents is 1. The molecule has 1 heterocycles. The van der Waals surface area contributed by atoms with Crippen molar-refractivity contribution in [3.8, 4) is 0 Å². The van der Waals surface area contributed by atoms with Crippen LogP contribution in [0.2, 0.25) is 0 Å². The van der Waals surface area contributed by atoms with Gasteiger partial charge >= 0.3 is 0 Å². The van der Waals surface area contributed by atoms with Crippen LogP contribution in [-0.4, -0.2) is 43.1 Å². The Morgan fingerprint density at radius 2 is 1.68 bits per heavy atom. The van der Waals surface area contributed by atoms with Crippen molar-refractivity contribution in [1.29, 1.82) is 0 Å². The molecule has 11 heteroatoms. The van der Waals surface area contributed by atoms with Gasteiger partial charge in [0.1, 0.15) is 0 Å². The van der Waals surface area contributed by atoms with Crippen LogP contribution in [-0.2, 0) is 10.0 Å². The molecular weight excluding hydrogens is 554 g/mol. The topological polar surface area (TPSA) is 110 Å². The molecule has 0 aromatic heterocycles. The highest BCUT2D eigenvalue weighted by Gasteiger charge is 2.26. The number of benzene rings is 2. The molecule has 2 aromatic rings. The van der Waals surface area contributed by atoms with E-state index in [0.29, 0.717) is 27.7 Å². The third-order valence-corrected chi connectivity index (χ3v) is 8.17. The number of nitrogens with one attached hydrogen (secondary N) is 1. The number of nitro groups is 1. The number of anilines is 1. The number of hydrogen-bond acceptors (Lipinski definition) is 6. The molecule has 0 aliphatic carbocycles. The van der Waals surface area contributed by atoms with Gasteiger partial charge in [0.15, 0.2) is 5.78 Å². The first-order chi connectivity index (χ1) is 14.7. The molecule has 0 amide bonds. The van der Waals surface area contributed by atoms with Crippen molar-refractivity contribution in [3.63, 3.8) is 0 Å². The molecule has 166 valence electrons. The quantitative estimate of drug-likeness (QED) is 0.284. The number of nitro benzene ring substituents is 1. The molecule has 3 rings (SSSR count). The summed E-state index contributed by atoms with van der Waals surface area (Å²) in [4.78, 5) is 23.3. The number of halogens is 2. The zero-order valence-corrected chi connectivity index (χ0v) is 20.5. The van der Waals surface area contributed by atoms with Gasteiger partial charge in [-0.25, -0.2) is 8.42 Å². The molecule has 1 aliphatic heterocycles. The summed E-state index contributed by atoms with van der Waals surface area (Å²) in [6.07, 6.45) is 3.70. The first-order valence-corrected chi connectivity index (χ1v) is 12.7. The molecule has 0 unspecified atom stereocenters. The molecule has 0 radical (unpaired) electrons. The van der Waals surface area contributed by atoms with Crippen LogP contribution in [0, 0.1) is 10.1 Å². The molecule has 8 nitrogen and oxygen atoms in total. The molecule has 1 fully saturated rings. The summed E-state index contributed by atoms with van der Waals surface area (Å²) >= 11 is 6.54. The van der Waals surface area contributed by atoms with Gasteiger partial charge < -0.3 is 5.32 Å². The smallest absolute Gasteiger partial charge is 0.271 e. The zero-order chi connectivity index (χ0) is 22.6. The first kappa shape index (κ1) is 23.8. The second-order valence-electron chi connectivity index (χ2n) is 7.16. The van der Waals surface area contributed by atoms with Crippen molar-refractivity contribution in [2.24, 2.45) is 0 Å². The second-order valence-corrected chi connectivity index (χ2v) is 10.8. The van der Waals surface area contributed by atoms with E-state index in [-0.39, 0.29) is 28.5 Å². The summed E-state index contributed by atoms with van der Waals surface area (Å²) in [7, 11) is -3.65. The minimum atomic E-state index is -3.65. The van der Waals surface area contributed by atoms with Crippen molar-refractivity contribution in [1.82, 2.24) is 4.31 Å². The Labute approximate surface area is 197 Å². The molecule has 31 heavy (non-hydrogen) atoms. The van der Waals surface area contributed by atoms with Crippen molar-refractivity contribution >= 4 is 59.0 Å². The molecule has 0 spiro atoms. The highest BCUT2D eigenvalue weighted by atomic mass is 79.9. The first-order valence-electron chi connectivity index (χ1n) is 9.71. The van der Waals surface area contributed by atoms with E-state index in [1.165, 1.54) is 28.6 Å². The lowest BCUT2D eigenvalue weighted by molar-refractivity contribution is -0.385. The molecular formula is C20H21Br2N3O5S. The summed E-state index contributed by atoms with van der Waals surface area (Å²) in [5.74, 6) is -0.301. The van der Waals surface area contributed by atoms with Crippen LogP contribution < -0.4 is 5.32 Å². The average Bonchev–Trinajstić information content (AvgIpc) is 3.03. The van der Waals surface area contributed by atoms with E-state index in [9.17, 15) is 23.3 Å². The lowest BCUT2D eigenvalue weighted by atomic mass is 10.1. The molecule has 1 saturated heterocycles. The van der Waals surface area contributed by atoms with Crippen molar-refractivity contribution in [3.05, 3.63) is 61.0 Å². The Balaban J connectivity index is 1.76. The lowest BCUT2D eigenvalue weighted by Crippen LogP contribution is -2.32. The van der Waals surface area contributed by atoms with E-state index in [1.807, 2.05) is 0 Å². The van der Waals surface area contributed by atoms with Gasteiger partial charge in [0.2, 0.25) is 10.0 Å². The maximum absolute atomic E-state index is 13.0. The number of Topliss-reactive ketones (excluding diaryl/α,β-unsaturated/α-hetero) is 1. The van der Waals surface area contributed by atoms with E-state index in [4.69, 9.17) is 0 Å². The summed E-state index contributed by atoms with van der Waals surface area (Å²) in [5, 5.41) is 13.9. The second kappa shape index (κ2) is 10.2. The molecule has 2 aromatic carbocycles. The standard InChI is InChI=1S/C20H21Br2N3O5S/c21-17-11-15(25(27)28)12-18(22)20(17)23-13-19(26)14-6-5-7-16(10-14)31(29,30)24-8-3-1-2-4-9-24/h5-7,10-12,23H,1-4,8-9,13H2. The van der Waals surface area contributed by atoms with Gasteiger partial charge in [0.05, 0.1) is 22.1 Å². The van der Waals surface area contributed by atoms with Crippen LogP contribution in [0.4, 0.5) is 11.4 Å². The number of rotatable bonds is 7. The van der Waals surface area contributed by atoms with Crippen LogP contribution in [0.5, 0.6) is 0 Å². The minimum absolute atomic E-state index is 0.0953. The lowest BCUT2D eigenvalue weighted by Gasteiger charge is -2.20. The zero-order valence-electron chi connectivity index (χ0n) is 16.5. The number of carbonyl (C=O) groups excluding carboxylic acids is 1. The van der Waals surface area contributed by atoms with E-state index in [0.717, 1.165) is 25.7 Å². The SMILES string of the molecule is O=C(CNc1c(Br)cc([N+](=O)[O-])cc1Br)c1cccc(S(=O)(=O)N2CCCCCC2)c1. The van der Waals surface area contributed by atoms with Gasteiger partial charge in [0.25, 0.3) is 5.69 Å². The fourth-order valence-electron chi connectivity index (χ4n) is 3.37. The third-order valence-electron chi connectivity index (χ3n) is 5.02. The molecule has 0 atom stereocenters. The third kappa shape index (κ3) is 5.71. The number of nitrogens with zero attached hydrogens (tertiary/aromatic N) is 2. The van der Waals surface area contributed by atoms with Gasteiger partial charge in [-0.05, 0) is 56.8 Å². The Kier molecular flexibility index (Phi) is 7.84. The van der Waals surface area contributed by atoms with Crippen LogP contribution in [0.15, 0.2) is 50.2 Å². The maximum atomic E-state index is 13.0. The summed E-state index contributed by atoms with van der Waals surface area (Å²) in [6.45, 7) is 0.872. The monoisotopic (exact) mass is 573 g/mol. The highest BCUT2D eigenvalue weighted by molar-refractivity contribution is 9.11. The van der Waals surface area contributed by atoms with E-state index < -0.39 is 14.9 Å². The predicted molar refractivity (Wildman–Crippen MR) is 125 cm³/mol. The highest BCUT2D eigenvalue weighted by Crippen LogP contribution is 2.35. The summed E-state index contributed by atoms with van der Waals surface area (Å²) in [5.41, 5.74) is 0.673. The van der Waals surface area contributed by atoms with E-state index >= 15 is 0 Å². The van der Waals surface area contributed by atoms with Crippen molar-refractivity contribution in [2.75, 3.05) is 25.0 Å². The molecule has 1 N–H and O–H groups in total. The fraction of sp³-hybridized carbons (Fsp3) is 0.350. The Bertz CT molecular complexity index is 1080.